The number of imidazole rings is 1. The van der Waals surface area contributed by atoms with Gasteiger partial charge in [-0.25, -0.2) is 4.98 Å². The lowest BCUT2D eigenvalue weighted by molar-refractivity contribution is -0.143. The van der Waals surface area contributed by atoms with E-state index < -0.39 is 17.9 Å². The van der Waals surface area contributed by atoms with Gasteiger partial charge in [-0.15, -0.1) is 0 Å². The minimum atomic E-state index is -0.963. The average molecular weight is 317 g/mol. The molecule has 0 bridgehead atoms. The van der Waals surface area contributed by atoms with Gasteiger partial charge in [0.2, 0.25) is 5.91 Å². The van der Waals surface area contributed by atoms with Crippen molar-refractivity contribution >= 4 is 11.9 Å². The minimum absolute atomic E-state index is 0.0187. The van der Waals surface area contributed by atoms with E-state index in [1.807, 2.05) is 10.8 Å². The molecule has 1 aliphatic rings. The molecule has 2 aromatic rings. The van der Waals surface area contributed by atoms with Crippen LogP contribution in [0.5, 0.6) is 0 Å². The number of carboxylic acid groups (broad SMARTS) is 1. The first kappa shape index (κ1) is 15.3. The van der Waals surface area contributed by atoms with Crippen LogP contribution in [-0.4, -0.2) is 38.0 Å². The fourth-order valence-corrected chi connectivity index (χ4v) is 3.08. The zero-order chi connectivity index (χ0) is 16.4. The van der Waals surface area contributed by atoms with E-state index in [2.05, 4.69) is 4.98 Å². The quantitative estimate of drug-likeness (QED) is 0.878. The third-order valence-electron chi connectivity index (χ3n) is 4.18. The molecular formula is C16H19N3O4. The largest absolute Gasteiger partial charge is 0.481 e. The van der Waals surface area contributed by atoms with Crippen LogP contribution in [0.25, 0.3) is 0 Å². The van der Waals surface area contributed by atoms with Crippen LogP contribution >= 0.6 is 0 Å². The molecule has 1 fully saturated rings. The molecule has 1 N–H and O–H groups in total. The Hall–Kier alpha value is -2.57. The molecular weight excluding hydrogens is 298 g/mol. The van der Waals surface area contributed by atoms with Crippen molar-refractivity contribution in [3.8, 4) is 0 Å². The third-order valence-corrected chi connectivity index (χ3v) is 4.18. The Labute approximate surface area is 133 Å². The van der Waals surface area contributed by atoms with Crippen LogP contribution < -0.4 is 0 Å². The fraction of sp³-hybridized carbons (Fsp3) is 0.438. The maximum absolute atomic E-state index is 12.3. The molecule has 3 heterocycles. The number of amides is 1. The summed E-state index contributed by atoms with van der Waals surface area (Å²) in [6.07, 6.45) is 6.03. The first-order chi connectivity index (χ1) is 11.1. The minimum Gasteiger partial charge on any atom is -0.481 e. The van der Waals surface area contributed by atoms with Gasteiger partial charge in [0, 0.05) is 31.9 Å². The van der Waals surface area contributed by atoms with Gasteiger partial charge in [0.1, 0.15) is 17.6 Å². The first-order valence-electron chi connectivity index (χ1n) is 7.60. The van der Waals surface area contributed by atoms with Gasteiger partial charge in [0.25, 0.3) is 0 Å². The predicted octanol–water partition coefficient (Wildman–Crippen LogP) is 1.85. The van der Waals surface area contributed by atoms with Gasteiger partial charge in [0.15, 0.2) is 0 Å². The highest BCUT2D eigenvalue weighted by Gasteiger charge is 2.45. The van der Waals surface area contributed by atoms with Crippen molar-refractivity contribution in [1.29, 1.82) is 0 Å². The van der Waals surface area contributed by atoms with E-state index in [9.17, 15) is 14.7 Å². The fourth-order valence-electron chi connectivity index (χ4n) is 3.08. The SMILES string of the molecule is Cc1ccc([C@@H]2[C@H](C(=O)O)CC(=O)N2CCCn2ccnc2)o1. The smallest absolute Gasteiger partial charge is 0.309 e. The molecule has 0 spiro atoms. The first-order valence-corrected chi connectivity index (χ1v) is 7.60. The summed E-state index contributed by atoms with van der Waals surface area (Å²) in [5.74, 6) is -0.608. The zero-order valence-electron chi connectivity index (χ0n) is 12.9. The van der Waals surface area contributed by atoms with Gasteiger partial charge in [0.05, 0.1) is 12.2 Å². The van der Waals surface area contributed by atoms with Crippen LogP contribution in [0.2, 0.25) is 0 Å². The van der Waals surface area contributed by atoms with E-state index in [1.54, 1.807) is 36.5 Å². The van der Waals surface area contributed by atoms with Crippen molar-refractivity contribution in [2.75, 3.05) is 6.54 Å². The van der Waals surface area contributed by atoms with E-state index in [1.165, 1.54) is 0 Å². The lowest BCUT2D eigenvalue weighted by Gasteiger charge is -2.25. The van der Waals surface area contributed by atoms with Gasteiger partial charge in [-0.05, 0) is 25.5 Å². The summed E-state index contributed by atoms with van der Waals surface area (Å²) in [4.78, 5) is 29.4. The second-order valence-corrected chi connectivity index (χ2v) is 5.78. The number of aliphatic carboxylic acids is 1. The van der Waals surface area contributed by atoms with Crippen molar-refractivity contribution in [2.45, 2.75) is 32.4 Å². The van der Waals surface area contributed by atoms with Gasteiger partial charge in [-0.1, -0.05) is 0 Å². The average Bonchev–Trinajstić information content (AvgIpc) is 3.21. The molecule has 2 atom stereocenters. The van der Waals surface area contributed by atoms with E-state index in [0.29, 0.717) is 18.1 Å². The van der Waals surface area contributed by atoms with E-state index in [4.69, 9.17) is 4.42 Å². The Bertz CT molecular complexity index is 692. The number of carbonyl (C=O) groups excluding carboxylic acids is 1. The number of likely N-dealkylation sites (tertiary alicyclic amines) is 1. The molecule has 7 nitrogen and oxygen atoms in total. The van der Waals surface area contributed by atoms with Crippen LogP contribution in [0.4, 0.5) is 0 Å². The van der Waals surface area contributed by atoms with Crippen molar-refractivity contribution in [1.82, 2.24) is 14.5 Å². The van der Waals surface area contributed by atoms with Gasteiger partial charge < -0.3 is 19.0 Å². The van der Waals surface area contributed by atoms with Gasteiger partial charge in [-0.2, -0.15) is 0 Å². The highest BCUT2D eigenvalue weighted by molar-refractivity contribution is 5.87. The normalized spacial score (nSPS) is 21.1. The summed E-state index contributed by atoms with van der Waals surface area (Å²) in [6.45, 7) is 3.02. The molecule has 23 heavy (non-hydrogen) atoms. The van der Waals surface area contributed by atoms with Crippen LogP contribution in [0.15, 0.2) is 35.3 Å². The maximum Gasteiger partial charge on any atom is 0.309 e. The number of hydrogen-bond acceptors (Lipinski definition) is 4. The Morgan fingerprint density at radius 3 is 2.87 bits per heavy atom. The third kappa shape index (κ3) is 3.13. The van der Waals surface area contributed by atoms with Gasteiger partial charge in [-0.3, -0.25) is 9.59 Å². The van der Waals surface area contributed by atoms with E-state index in [-0.39, 0.29) is 12.3 Å². The van der Waals surface area contributed by atoms with Crippen LogP contribution in [0.1, 0.15) is 30.4 Å². The van der Waals surface area contributed by atoms with Crippen LogP contribution in [-0.2, 0) is 16.1 Å². The Morgan fingerprint density at radius 2 is 2.26 bits per heavy atom. The van der Waals surface area contributed by atoms with Crippen molar-refractivity contribution in [3.63, 3.8) is 0 Å². The van der Waals surface area contributed by atoms with Crippen molar-refractivity contribution in [3.05, 3.63) is 42.4 Å². The monoisotopic (exact) mass is 317 g/mol. The Balaban J connectivity index is 1.75. The number of rotatable bonds is 6. The number of carbonyl (C=O) groups is 2. The number of carboxylic acids is 1. The van der Waals surface area contributed by atoms with E-state index in [0.717, 1.165) is 13.0 Å². The van der Waals surface area contributed by atoms with Crippen LogP contribution in [0.3, 0.4) is 0 Å². The number of aryl methyl sites for hydroxylation is 2. The molecule has 0 aliphatic carbocycles. The molecule has 1 amide bonds. The number of hydrogen-bond donors (Lipinski definition) is 1. The highest BCUT2D eigenvalue weighted by Crippen LogP contribution is 2.39. The summed E-state index contributed by atoms with van der Waals surface area (Å²) < 4.78 is 7.54. The molecule has 3 rings (SSSR count). The summed E-state index contributed by atoms with van der Waals surface area (Å²) in [6, 6.07) is 3.02. The number of aromatic nitrogens is 2. The molecule has 7 heteroatoms. The molecule has 0 unspecified atom stereocenters. The lowest BCUT2D eigenvalue weighted by atomic mass is 9.98. The molecule has 1 aliphatic heterocycles. The molecule has 0 saturated carbocycles. The maximum atomic E-state index is 12.3. The second-order valence-electron chi connectivity index (χ2n) is 5.78. The summed E-state index contributed by atoms with van der Waals surface area (Å²) in [5.41, 5.74) is 0. The Kier molecular flexibility index (Phi) is 4.18. The summed E-state index contributed by atoms with van der Waals surface area (Å²) in [7, 11) is 0. The molecule has 2 aromatic heterocycles. The van der Waals surface area contributed by atoms with Gasteiger partial charge >= 0.3 is 5.97 Å². The second kappa shape index (κ2) is 6.28. The van der Waals surface area contributed by atoms with Crippen molar-refractivity contribution < 1.29 is 19.1 Å². The predicted molar refractivity (Wildman–Crippen MR) is 80.5 cm³/mol. The molecule has 0 radical (unpaired) electrons. The Morgan fingerprint density at radius 1 is 1.43 bits per heavy atom. The number of furan rings is 1. The highest BCUT2D eigenvalue weighted by atomic mass is 16.4. The molecule has 1 saturated heterocycles. The summed E-state index contributed by atoms with van der Waals surface area (Å²) in [5, 5.41) is 9.43. The standard InChI is InChI=1S/C16H19N3O4/c1-11-3-4-13(23-11)15-12(16(21)22)9-14(20)19(15)7-2-6-18-8-5-17-10-18/h3-5,8,10,12,15H,2,6-7,9H2,1H3,(H,21,22)/t12-,15+/m1/s1. The van der Waals surface area contributed by atoms with Crippen LogP contribution in [0, 0.1) is 12.8 Å². The van der Waals surface area contributed by atoms with E-state index >= 15 is 0 Å². The zero-order valence-corrected chi connectivity index (χ0v) is 12.9. The molecule has 0 aromatic carbocycles. The number of nitrogens with zero attached hydrogens (tertiary/aromatic N) is 3. The lowest BCUT2D eigenvalue weighted by Crippen LogP contribution is -2.31. The summed E-state index contributed by atoms with van der Waals surface area (Å²) >= 11 is 0. The van der Waals surface area contributed by atoms with Crippen molar-refractivity contribution in [2.24, 2.45) is 5.92 Å². The topological polar surface area (TPSA) is 88.6 Å². The molecule has 122 valence electrons.